The molecule has 12 heavy (non-hydrogen) atoms. The van der Waals surface area contributed by atoms with E-state index >= 15 is 0 Å². The normalized spacial score (nSPS) is 41.7. The van der Waals surface area contributed by atoms with E-state index in [9.17, 15) is 10.2 Å². The Kier molecular flexibility index (Phi) is 2.59. The van der Waals surface area contributed by atoms with E-state index in [0.717, 1.165) is 12.0 Å². The number of hydrogen-bond donors (Lipinski definition) is 2. The summed E-state index contributed by atoms with van der Waals surface area (Å²) in [5.74, 6) is 0. The molecule has 3 atom stereocenters. The minimum absolute atomic E-state index is 0.0150. The third-order valence-corrected chi connectivity index (χ3v) is 3.23. The van der Waals surface area contributed by atoms with Gasteiger partial charge in [0.1, 0.15) is 0 Å². The van der Waals surface area contributed by atoms with E-state index in [2.05, 4.69) is 13.5 Å². The van der Waals surface area contributed by atoms with Gasteiger partial charge in [0.05, 0.1) is 12.2 Å². The predicted octanol–water partition coefficient (Wildman–Crippen LogP) is 1.47. The molecule has 0 radical (unpaired) electrons. The summed E-state index contributed by atoms with van der Waals surface area (Å²) in [5.41, 5.74) is 1.07. The largest absolute Gasteiger partial charge is 0.390 e. The highest BCUT2D eigenvalue weighted by Gasteiger charge is 2.43. The molecule has 1 aliphatic rings. The van der Waals surface area contributed by atoms with Crippen molar-refractivity contribution in [3.63, 3.8) is 0 Å². The Bertz CT molecular complexity index is 176. The molecule has 0 aliphatic heterocycles. The number of rotatable bonds is 2. The van der Waals surface area contributed by atoms with Crippen LogP contribution in [0.15, 0.2) is 12.2 Å². The van der Waals surface area contributed by atoms with Crippen molar-refractivity contribution in [2.24, 2.45) is 5.41 Å². The standard InChI is InChI=1S/C10H18O2/c1-4-10(7(2)3)5-8(11)9(12)6-10/h8-9,11-12H,2,4-6H2,1,3H3/t8-,9+,10?. The topological polar surface area (TPSA) is 40.5 Å². The highest BCUT2D eigenvalue weighted by Crippen LogP contribution is 2.46. The molecule has 2 heteroatoms. The molecule has 1 rings (SSSR count). The van der Waals surface area contributed by atoms with Crippen molar-refractivity contribution < 1.29 is 10.2 Å². The van der Waals surface area contributed by atoms with Crippen LogP contribution in [-0.4, -0.2) is 22.4 Å². The quantitative estimate of drug-likeness (QED) is 0.616. The molecule has 2 N–H and O–H groups in total. The SMILES string of the molecule is C=C(C)C1(CC)C[C@@H](O)[C@@H](O)C1. The first-order valence-corrected chi connectivity index (χ1v) is 4.54. The van der Waals surface area contributed by atoms with E-state index in [0.29, 0.717) is 12.8 Å². The third kappa shape index (κ3) is 1.41. The van der Waals surface area contributed by atoms with Crippen molar-refractivity contribution in [3.05, 3.63) is 12.2 Å². The van der Waals surface area contributed by atoms with Gasteiger partial charge in [0.15, 0.2) is 0 Å². The Morgan fingerprint density at radius 2 is 1.83 bits per heavy atom. The predicted molar refractivity (Wildman–Crippen MR) is 48.8 cm³/mol. The van der Waals surface area contributed by atoms with Crippen LogP contribution in [0.4, 0.5) is 0 Å². The molecule has 0 spiro atoms. The third-order valence-electron chi connectivity index (χ3n) is 3.23. The lowest BCUT2D eigenvalue weighted by atomic mass is 9.77. The zero-order valence-corrected chi connectivity index (χ0v) is 7.88. The van der Waals surface area contributed by atoms with Gasteiger partial charge in [-0.3, -0.25) is 0 Å². The molecule has 0 aromatic carbocycles. The van der Waals surface area contributed by atoms with Gasteiger partial charge in [-0.1, -0.05) is 19.1 Å². The molecule has 2 nitrogen and oxygen atoms in total. The number of aliphatic hydroxyl groups is 2. The highest BCUT2D eigenvalue weighted by atomic mass is 16.3. The maximum absolute atomic E-state index is 9.42. The van der Waals surface area contributed by atoms with E-state index in [1.54, 1.807) is 0 Å². The summed E-state index contributed by atoms with van der Waals surface area (Å²) in [6.45, 7) is 7.99. The summed E-state index contributed by atoms with van der Waals surface area (Å²) in [7, 11) is 0. The van der Waals surface area contributed by atoms with Crippen molar-refractivity contribution in [3.8, 4) is 0 Å². The van der Waals surface area contributed by atoms with E-state index in [-0.39, 0.29) is 5.41 Å². The maximum Gasteiger partial charge on any atom is 0.0807 e. The summed E-state index contributed by atoms with van der Waals surface area (Å²) in [6.07, 6.45) is 1.18. The number of hydrogen-bond acceptors (Lipinski definition) is 2. The molecule has 1 unspecified atom stereocenters. The lowest BCUT2D eigenvalue weighted by molar-refractivity contribution is 0.0438. The van der Waals surface area contributed by atoms with Crippen molar-refractivity contribution in [1.82, 2.24) is 0 Å². The van der Waals surface area contributed by atoms with Gasteiger partial charge in [0.25, 0.3) is 0 Å². The first-order chi connectivity index (χ1) is 5.52. The molecule has 0 aromatic heterocycles. The van der Waals surface area contributed by atoms with E-state index in [1.807, 2.05) is 6.92 Å². The minimum atomic E-state index is -0.554. The van der Waals surface area contributed by atoms with Crippen molar-refractivity contribution in [2.45, 2.75) is 45.3 Å². The van der Waals surface area contributed by atoms with Crippen LogP contribution in [0.3, 0.4) is 0 Å². The van der Waals surface area contributed by atoms with Gasteiger partial charge in [-0.25, -0.2) is 0 Å². The molecule has 0 bridgehead atoms. The number of aliphatic hydroxyl groups excluding tert-OH is 2. The van der Waals surface area contributed by atoms with E-state index in [1.165, 1.54) is 0 Å². The van der Waals surface area contributed by atoms with Gasteiger partial charge < -0.3 is 10.2 Å². The van der Waals surface area contributed by atoms with Crippen LogP contribution in [-0.2, 0) is 0 Å². The summed E-state index contributed by atoms with van der Waals surface area (Å²) < 4.78 is 0. The lowest BCUT2D eigenvalue weighted by Crippen LogP contribution is -2.17. The average molecular weight is 170 g/mol. The van der Waals surface area contributed by atoms with Gasteiger partial charge in [-0.05, 0) is 31.6 Å². The molecule has 0 amide bonds. The summed E-state index contributed by atoms with van der Waals surface area (Å²) in [5, 5.41) is 18.8. The Morgan fingerprint density at radius 1 is 1.42 bits per heavy atom. The zero-order valence-electron chi connectivity index (χ0n) is 7.88. The summed E-state index contributed by atoms with van der Waals surface area (Å²) in [6, 6.07) is 0. The average Bonchev–Trinajstić information content (AvgIpc) is 2.29. The first kappa shape index (κ1) is 9.75. The molecule has 70 valence electrons. The lowest BCUT2D eigenvalue weighted by Gasteiger charge is -2.27. The summed E-state index contributed by atoms with van der Waals surface area (Å²) in [4.78, 5) is 0. The second-order valence-corrected chi connectivity index (χ2v) is 3.96. The zero-order chi connectivity index (χ0) is 9.35. The van der Waals surface area contributed by atoms with Crippen LogP contribution < -0.4 is 0 Å². The van der Waals surface area contributed by atoms with Gasteiger partial charge >= 0.3 is 0 Å². The first-order valence-electron chi connectivity index (χ1n) is 4.54. The molecule has 1 saturated carbocycles. The van der Waals surface area contributed by atoms with Gasteiger partial charge in [-0.2, -0.15) is 0 Å². The van der Waals surface area contributed by atoms with Crippen LogP contribution in [0, 0.1) is 5.41 Å². The van der Waals surface area contributed by atoms with Gasteiger partial charge in [0, 0.05) is 0 Å². The Labute approximate surface area is 73.9 Å². The molecular formula is C10H18O2. The van der Waals surface area contributed by atoms with Gasteiger partial charge in [-0.15, -0.1) is 0 Å². The van der Waals surface area contributed by atoms with E-state index < -0.39 is 12.2 Å². The molecule has 1 fully saturated rings. The van der Waals surface area contributed by atoms with Crippen LogP contribution in [0.1, 0.15) is 33.1 Å². The second-order valence-electron chi connectivity index (χ2n) is 3.96. The van der Waals surface area contributed by atoms with Crippen LogP contribution in [0.2, 0.25) is 0 Å². The van der Waals surface area contributed by atoms with Gasteiger partial charge in [0.2, 0.25) is 0 Å². The second kappa shape index (κ2) is 3.19. The van der Waals surface area contributed by atoms with Crippen molar-refractivity contribution in [2.75, 3.05) is 0 Å². The van der Waals surface area contributed by atoms with Crippen LogP contribution in [0.25, 0.3) is 0 Å². The molecular weight excluding hydrogens is 152 g/mol. The smallest absolute Gasteiger partial charge is 0.0807 e. The van der Waals surface area contributed by atoms with Crippen molar-refractivity contribution >= 4 is 0 Å². The Hall–Kier alpha value is -0.340. The highest BCUT2D eigenvalue weighted by molar-refractivity contribution is 5.12. The molecule has 0 saturated heterocycles. The van der Waals surface area contributed by atoms with E-state index in [4.69, 9.17) is 0 Å². The molecule has 0 aromatic rings. The maximum atomic E-state index is 9.42. The van der Waals surface area contributed by atoms with Crippen LogP contribution in [0.5, 0.6) is 0 Å². The van der Waals surface area contributed by atoms with Crippen molar-refractivity contribution in [1.29, 1.82) is 0 Å². The molecule has 0 heterocycles. The number of allylic oxidation sites excluding steroid dienone is 1. The molecule has 1 aliphatic carbocycles. The Morgan fingerprint density at radius 3 is 2.00 bits per heavy atom. The fourth-order valence-electron chi connectivity index (χ4n) is 2.09. The minimum Gasteiger partial charge on any atom is -0.390 e. The Balaban J connectivity index is 2.78. The monoisotopic (exact) mass is 170 g/mol. The fourth-order valence-corrected chi connectivity index (χ4v) is 2.09. The summed E-state index contributed by atoms with van der Waals surface area (Å²) >= 11 is 0. The fraction of sp³-hybridized carbons (Fsp3) is 0.800. The van der Waals surface area contributed by atoms with Crippen LogP contribution >= 0.6 is 0 Å².